The number of aromatic carboxylic acids is 1. The van der Waals surface area contributed by atoms with Crippen LogP contribution in [0.15, 0.2) is 53.4 Å². The third-order valence-electron chi connectivity index (χ3n) is 3.77. The first-order valence-electron chi connectivity index (χ1n) is 8.19. The van der Waals surface area contributed by atoms with Gasteiger partial charge in [-0.15, -0.1) is 0 Å². The molecule has 0 bridgehead atoms. The molecule has 0 aliphatic rings. The Morgan fingerprint density at radius 1 is 1.21 bits per heavy atom. The molecule has 0 radical (unpaired) electrons. The number of thiocarbonyl (C=S) groups is 1. The third kappa shape index (κ3) is 6.72. The Kier molecular flexibility index (Phi) is 7.58. The summed E-state index contributed by atoms with van der Waals surface area (Å²) in [6.07, 6.45) is -2.26. The second-order valence-electron chi connectivity index (χ2n) is 6.01. The Morgan fingerprint density at radius 2 is 1.86 bits per heavy atom. The lowest BCUT2D eigenvalue weighted by Gasteiger charge is -2.20. The number of alkyl halides is 3. The maximum Gasteiger partial charge on any atom is 0.416 e. The van der Waals surface area contributed by atoms with Crippen molar-refractivity contribution < 1.29 is 27.9 Å². The van der Waals surface area contributed by atoms with Gasteiger partial charge in [0.1, 0.15) is 4.32 Å². The van der Waals surface area contributed by atoms with E-state index in [0.717, 1.165) is 23.9 Å². The summed E-state index contributed by atoms with van der Waals surface area (Å²) in [4.78, 5) is 24.1. The van der Waals surface area contributed by atoms with Crippen molar-refractivity contribution in [1.82, 2.24) is 4.90 Å². The van der Waals surface area contributed by atoms with Gasteiger partial charge in [-0.05, 0) is 41.5 Å². The summed E-state index contributed by atoms with van der Waals surface area (Å²) in [7, 11) is 1.62. The minimum atomic E-state index is -4.42. The molecule has 4 nitrogen and oxygen atoms in total. The van der Waals surface area contributed by atoms with Gasteiger partial charge in [0.05, 0.1) is 16.0 Å². The molecular weight excluding hydrogens is 423 g/mol. The molecule has 152 valence electrons. The van der Waals surface area contributed by atoms with E-state index >= 15 is 0 Å². The molecule has 1 N–H and O–H groups in total. The highest BCUT2D eigenvalue weighted by Crippen LogP contribution is 2.30. The highest BCUT2D eigenvalue weighted by atomic mass is 32.2. The zero-order chi connectivity index (χ0) is 21.6. The monoisotopic (exact) mass is 439 g/mol. The molecule has 0 aromatic heterocycles. The van der Waals surface area contributed by atoms with Gasteiger partial charge in [-0.2, -0.15) is 13.2 Å². The number of hydrogen-bond acceptors (Lipinski definition) is 4. The highest BCUT2D eigenvalue weighted by molar-refractivity contribution is 8.26. The van der Waals surface area contributed by atoms with Gasteiger partial charge < -0.3 is 10.0 Å². The molecule has 2 aromatic carbocycles. The van der Waals surface area contributed by atoms with E-state index in [-0.39, 0.29) is 17.0 Å². The van der Waals surface area contributed by atoms with Gasteiger partial charge in [0, 0.05) is 13.6 Å². The Labute approximate surface area is 175 Å². The number of allylic oxidation sites excluding steroid dienone is 1. The normalized spacial score (nSPS) is 11.8. The van der Waals surface area contributed by atoms with Crippen molar-refractivity contribution in [2.75, 3.05) is 7.05 Å². The minimum Gasteiger partial charge on any atom is -0.478 e. The van der Waals surface area contributed by atoms with Crippen LogP contribution in [-0.4, -0.2) is 33.6 Å². The van der Waals surface area contributed by atoms with Crippen molar-refractivity contribution in [2.24, 2.45) is 0 Å². The van der Waals surface area contributed by atoms with Gasteiger partial charge >= 0.3 is 12.1 Å². The summed E-state index contributed by atoms with van der Waals surface area (Å²) in [5, 5.41) is 8.91. The van der Waals surface area contributed by atoms with Crippen molar-refractivity contribution >= 4 is 46.6 Å². The van der Waals surface area contributed by atoms with Crippen LogP contribution < -0.4 is 0 Å². The number of carbonyl (C=O) groups excluding carboxylic acids is 1. The molecule has 2 rings (SSSR count). The van der Waals surface area contributed by atoms with E-state index < -0.39 is 17.7 Å². The van der Waals surface area contributed by atoms with Crippen molar-refractivity contribution in [2.45, 2.75) is 12.7 Å². The number of nitrogens with zero attached hydrogens (tertiary/aromatic N) is 1. The summed E-state index contributed by atoms with van der Waals surface area (Å²) in [6, 6.07) is 10.9. The molecular formula is C20H16F3NO3S2. The van der Waals surface area contributed by atoms with Crippen LogP contribution in [0.25, 0.3) is 6.08 Å². The van der Waals surface area contributed by atoms with Crippen LogP contribution in [0, 0.1) is 0 Å². The van der Waals surface area contributed by atoms with Gasteiger partial charge in [0.25, 0.3) is 0 Å². The quantitative estimate of drug-likeness (QED) is 0.384. The standard InChI is InChI=1S/C20H16F3NO3S2/c1-24(11-14-3-2-4-16(9-14)20(21,22)23)19(28)29-17(12-25)10-13-5-7-15(8-6-13)18(26)27/h2-10,12H,11H2,1H3,(H,26,27)/b17-10+. The summed E-state index contributed by atoms with van der Waals surface area (Å²) in [6.45, 7) is 0.148. The van der Waals surface area contributed by atoms with Crippen LogP contribution in [0.1, 0.15) is 27.0 Å². The van der Waals surface area contributed by atoms with E-state index in [9.17, 15) is 22.8 Å². The molecule has 0 spiro atoms. The Hall–Kier alpha value is -2.65. The predicted octanol–water partition coefficient (Wildman–Crippen LogP) is 5.09. The summed E-state index contributed by atoms with van der Waals surface area (Å²) >= 11 is 6.28. The molecule has 0 fully saturated rings. The molecule has 29 heavy (non-hydrogen) atoms. The van der Waals surface area contributed by atoms with E-state index in [2.05, 4.69) is 0 Å². The first-order chi connectivity index (χ1) is 13.6. The van der Waals surface area contributed by atoms with Gasteiger partial charge in [0.15, 0.2) is 6.29 Å². The second kappa shape index (κ2) is 9.71. The highest BCUT2D eigenvalue weighted by Gasteiger charge is 2.30. The van der Waals surface area contributed by atoms with E-state index in [4.69, 9.17) is 17.3 Å². The first-order valence-corrected chi connectivity index (χ1v) is 9.42. The minimum absolute atomic E-state index is 0.124. The number of rotatable bonds is 6. The number of halogens is 3. The number of aldehydes is 1. The lowest BCUT2D eigenvalue weighted by atomic mass is 10.1. The molecule has 0 unspecified atom stereocenters. The number of carbonyl (C=O) groups is 2. The predicted molar refractivity (Wildman–Crippen MR) is 111 cm³/mol. The molecule has 0 amide bonds. The largest absolute Gasteiger partial charge is 0.478 e. The van der Waals surface area contributed by atoms with Crippen LogP contribution in [-0.2, 0) is 17.5 Å². The molecule has 0 aliphatic heterocycles. The summed E-state index contributed by atoms with van der Waals surface area (Å²) in [5.41, 5.74) is 0.443. The number of hydrogen-bond donors (Lipinski definition) is 1. The van der Waals surface area contributed by atoms with Crippen molar-refractivity contribution in [1.29, 1.82) is 0 Å². The first kappa shape index (κ1) is 22.6. The Bertz CT molecular complexity index is 941. The maximum atomic E-state index is 12.8. The SMILES string of the molecule is CN(Cc1cccc(C(F)(F)F)c1)C(=S)S/C(C=O)=C/c1ccc(C(=O)O)cc1. The van der Waals surface area contributed by atoms with E-state index in [1.54, 1.807) is 36.2 Å². The molecule has 0 saturated heterocycles. The average Bonchev–Trinajstić information content (AvgIpc) is 2.67. The van der Waals surface area contributed by atoms with E-state index in [0.29, 0.717) is 21.7 Å². The lowest BCUT2D eigenvalue weighted by molar-refractivity contribution is -0.137. The van der Waals surface area contributed by atoms with Crippen LogP contribution in [0.2, 0.25) is 0 Å². The Morgan fingerprint density at radius 3 is 2.41 bits per heavy atom. The van der Waals surface area contributed by atoms with Crippen molar-refractivity contribution in [3.8, 4) is 0 Å². The number of benzene rings is 2. The van der Waals surface area contributed by atoms with Crippen LogP contribution in [0.4, 0.5) is 13.2 Å². The third-order valence-corrected chi connectivity index (χ3v) is 5.27. The van der Waals surface area contributed by atoms with Crippen molar-refractivity contribution in [3.05, 3.63) is 75.7 Å². The van der Waals surface area contributed by atoms with Crippen LogP contribution in [0.3, 0.4) is 0 Å². The average molecular weight is 439 g/mol. The van der Waals surface area contributed by atoms with Gasteiger partial charge in [-0.25, -0.2) is 4.79 Å². The zero-order valence-electron chi connectivity index (χ0n) is 15.1. The molecule has 9 heteroatoms. The second-order valence-corrected chi connectivity index (χ2v) is 7.72. The van der Waals surface area contributed by atoms with E-state index in [1.165, 1.54) is 18.2 Å². The van der Waals surface area contributed by atoms with Gasteiger partial charge in [-0.3, -0.25) is 4.79 Å². The van der Waals surface area contributed by atoms with Gasteiger partial charge in [0.2, 0.25) is 0 Å². The fraction of sp³-hybridized carbons (Fsp3) is 0.150. The molecule has 0 atom stereocenters. The molecule has 0 aliphatic carbocycles. The van der Waals surface area contributed by atoms with E-state index in [1.807, 2.05) is 0 Å². The lowest BCUT2D eigenvalue weighted by Crippen LogP contribution is -2.22. The Balaban J connectivity index is 2.07. The number of carboxylic acid groups (broad SMARTS) is 1. The zero-order valence-corrected chi connectivity index (χ0v) is 16.8. The fourth-order valence-corrected chi connectivity index (χ4v) is 3.36. The molecule has 0 heterocycles. The number of carboxylic acids is 1. The smallest absolute Gasteiger partial charge is 0.416 e. The molecule has 2 aromatic rings. The van der Waals surface area contributed by atoms with Gasteiger partial charge in [-0.1, -0.05) is 48.2 Å². The van der Waals surface area contributed by atoms with Crippen LogP contribution >= 0.6 is 24.0 Å². The van der Waals surface area contributed by atoms with Crippen molar-refractivity contribution in [3.63, 3.8) is 0 Å². The molecule has 0 saturated carbocycles. The number of thioether (sulfide) groups is 1. The maximum absolute atomic E-state index is 12.8. The summed E-state index contributed by atoms with van der Waals surface area (Å²) in [5.74, 6) is -1.05. The fourth-order valence-electron chi connectivity index (χ4n) is 2.34. The van der Waals surface area contributed by atoms with Crippen LogP contribution in [0.5, 0.6) is 0 Å². The topological polar surface area (TPSA) is 57.6 Å². The summed E-state index contributed by atoms with van der Waals surface area (Å²) < 4.78 is 38.8.